The van der Waals surface area contributed by atoms with Gasteiger partial charge in [0.1, 0.15) is 11.6 Å². The first-order valence-corrected chi connectivity index (χ1v) is 16.3. The zero-order valence-corrected chi connectivity index (χ0v) is 30.2. The molecule has 0 aliphatic rings. The number of benzene rings is 4. The summed E-state index contributed by atoms with van der Waals surface area (Å²) in [5, 5.41) is 7.41. The van der Waals surface area contributed by atoms with E-state index in [4.69, 9.17) is 14.6 Å². The molecule has 0 radical (unpaired) electrons. The average molecular weight is 814 g/mol. The average Bonchev–Trinajstić information content (AvgIpc) is 3.60. The summed E-state index contributed by atoms with van der Waals surface area (Å²) in [6.45, 7) is 8.83. The maximum Gasteiger partial charge on any atom is 2.00 e. The van der Waals surface area contributed by atoms with Crippen molar-refractivity contribution in [3.63, 3.8) is 0 Å². The van der Waals surface area contributed by atoms with Gasteiger partial charge in [-0.3, -0.25) is 4.68 Å². The van der Waals surface area contributed by atoms with Gasteiger partial charge in [0.05, 0.1) is 12.8 Å². The molecule has 4 aromatic carbocycles. The molecule has 0 bridgehead atoms. The first-order valence-electron chi connectivity index (χ1n) is 16.3. The van der Waals surface area contributed by atoms with E-state index in [0.717, 1.165) is 70.4 Å². The Bertz CT molecular complexity index is 2210. The molecule has 0 aliphatic carbocycles. The molecule has 0 amide bonds. The molecule has 0 spiro atoms. The van der Waals surface area contributed by atoms with Crippen LogP contribution < -0.4 is 9.47 Å². The van der Waals surface area contributed by atoms with E-state index in [1.165, 1.54) is 27.9 Å². The zero-order chi connectivity index (χ0) is 32.5. The van der Waals surface area contributed by atoms with Gasteiger partial charge in [-0.25, -0.2) is 4.98 Å². The summed E-state index contributed by atoms with van der Waals surface area (Å²) in [7, 11) is 1.66. The maximum atomic E-state index is 6.48. The molecule has 7 aromatic rings. The van der Waals surface area contributed by atoms with Crippen LogP contribution in [0.2, 0.25) is 0 Å². The maximum absolute atomic E-state index is 6.48. The number of pyridine rings is 1. The summed E-state index contributed by atoms with van der Waals surface area (Å²) in [5.41, 5.74) is 10.2. The number of hydrogen-bond acceptors (Lipinski definition) is 4. The molecule has 0 saturated carbocycles. The van der Waals surface area contributed by atoms with Gasteiger partial charge in [0.15, 0.2) is 0 Å². The SMILES string of the molecule is CCCc1nn(-c2[c-]c(Oc3[c-]c4c(cc3)c3ccccc3n4-c3cc(OC)ccn3)ccc2)c(CCC)c1-c1c(C)cccc1C.[Pt+2]. The standard InChI is InChI=1S/C41H38N4O2.Pt/c1-6-12-35-41(40-27(3)14-10-15-28(40)4)37(13-7-2)45(43-35)29-16-11-17-31(24-29)47-32-20-21-34-33-18-8-9-19-36(33)44(38(34)25-32)39-26-30(46-5)22-23-42-39;/h8-11,14-23,26H,6-7,12-13H2,1-5H3;/q-2;+2. The first-order chi connectivity index (χ1) is 23.0. The Morgan fingerprint density at radius 3 is 2.27 bits per heavy atom. The van der Waals surface area contributed by atoms with Crippen LogP contribution in [0.5, 0.6) is 17.2 Å². The van der Waals surface area contributed by atoms with Crippen molar-refractivity contribution in [2.45, 2.75) is 53.4 Å². The summed E-state index contributed by atoms with van der Waals surface area (Å²) in [4.78, 5) is 4.67. The summed E-state index contributed by atoms with van der Waals surface area (Å²) in [6.07, 6.45) is 5.61. The number of fused-ring (bicyclic) bond motifs is 3. The second-order valence-corrected chi connectivity index (χ2v) is 11.9. The Hall–Kier alpha value is -4.67. The van der Waals surface area contributed by atoms with E-state index in [0.29, 0.717) is 11.5 Å². The quantitative estimate of drug-likeness (QED) is 0.129. The number of rotatable bonds is 10. The second kappa shape index (κ2) is 14.2. The van der Waals surface area contributed by atoms with E-state index in [1.54, 1.807) is 13.3 Å². The van der Waals surface area contributed by atoms with E-state index in [-0.39, 0.29) is 21.1 Å². The fraction of sp³-hybridized carbons (Fsp3) is 0.220. The van der Waals surface area contributed by atoms with Crippen LogP contribution in [-0.2, 0) is 33.9 Å². The molecule has 3 aromatic heterocycles. The fourth-order valence-electron chi connectivity index (χ4n) is 6.64. The number of nitrogens with zero attached hydrogens (tertiary/aromatic N) is 4. The van der Waals surface area contributed by atoms with E-state index < -0.39 is 0 Å². The molecule has 48 heavy (non-hydrogen) atoms. The fourth-order valence-corrected chi connectivity index (χ4v) is 6.64. The van der Waals surface area contributed by atoms with E-state index in [2.05, 4.69) is 103 Å². The van der Waals surface area contributed by atoms with Gasteiger partial charge < -0.3 is 14.0 Å². The molecule has 0 fully saturated rings. The van der Waals surface area contributed by atoms with Gasteiger partial charge in [0, 0.05) is 40.5 Å². The Kier molecular flexibility index (Phi) is 9.84. The molecule has 0 atom stereocenters. The monoisotopic (exact) mass is 813 g/mol. The zero-order valence-electron chi connectivity index (χ0n) is 27.9. The molecule has 7 rings (SSSR count). The Labute approximate surface area is 296 Å². The van der Waals surface area contributed by atoms with Gasteiger partial charge in [-0.15, -0.1) is 35.7 Å². The third-order valence-corrected chi connectivity index (χ3v) is 8.70. The van der Waals surface area contributed by atoms with E-state index >= 15 is 0 Å². The minimum Gasteiger partial charge on any atom is -0.509 e. The number of para-hydroxylation sites is 1. The van der Waals surface area contributed by atoms with Gasteiger partial charge in [0.2, 0.25) is 0 Å². The summed E-state index contributed by atoms with van der Waals surface area (Å²) < 4.78 is 16.2. The first kappa shape index (κ1) is 33.2. The summed E-state index contributed by atoms with van der Waals surface area (Å²) in [5.74, 6) is 2.68. The Morgan fingerprint density at radius 1 is 0.750 bits per heavy atom. The number of ether oxygens (including phenoxy) is 2. The molecule has 6 nitrogen and oxygen atoms in total. The van der Waals surface area contributed by atoms with Gasteiger partial charge in [-0.2, -0.15) is 17.2 Å². The van der Waals surface area contributed by atoms with Crippen molar-refractivity contribution in [3.05, 3.63) is 126 Å². The summed E-state index contributed by atoms with van der Waals surface area (Å²) in [6, 6.07) is 35.7. The molecule has 0 saturated heterocycles. The number of aromatic nitrogens is 4. The van der Waals surface area contributed by atoms with Crippen LogP contribution in [0.15, 0.2) is 91.1 Å². The minimum absolute atomic E-state index is 0. The van der Waals surface area contributed by atoms with Crippen LogP contribution in [0.25, 0.3) is 44.4 Å². The van der Waals surface area contributed by atoms with Crippen LogP contribution in [0.4, 0.5) is 0 Å². The predicted octanol–water partition coefficient (Wildman–Crippen LogP) is 9.95. The van der Waals surface area contributed by atoms with Crippen molar-refractivity contribution >= 4 is 21.8 Å². The van der Waals surface area contributed by atoms with Crippen LogP contribution in [-0.4, -0.2) is 26.4 Å². The Morgan fingerprint density at radius 2 is 1.50 bits per heavy atom. The molecule has 0 N–H and O–H groups in total. The molecule has 3 heterocycles. The largest absolute Gasteiger partial charge is 2.00 e. The minimum atomic E-state index is 0. The third kappa shape index (κ3) is 6.06. The predicted molar refractivity (Wildman–Crippen MR) is 189 cm³/mol. The van der Waals surface area contributed by atoms with Crippen molar-refractivity contribution in [3.8, 4) is 39.9 Å². The number of hydrogen-bond donors (Lipinski definition) is 0. The molecule has 244 valence electrons. The topological polar surface area (TPSA) is 54.1 Å². The van der Waals surface area contributed by atoms with Crippen LogP contribution in [0, 0.1) is 26.0 Å². The number of methoxy groups -OCH3 is 1. The third-order valence-electron chi connectivity index (χ3n) is 8.70. The molecular formula is C41H38N4O2Pt. The summed E-state index contributed by atoms with van der Waals surface area (Å²) >= 11 is 0. The van der Waals surface area contributed by atoms with Crippen LogP contribution >= 0.6 is 0 Å². The van der Waals surface area contributed by atoms with Gasteiger partial charge in [0.25, 0.3) is 0 Å². The van der Waals surface area contributed by atoms with Crippen LogP contribution in [0.1, 0.15) is 49.2 Å². The van der Waals surface area contributed by atoms with Gasteiger partial charge in [-0.05, 0) is 66.6 Å². The van der Waals surface area contributed by atoms with Crippen molar-refractivity contribution in [2.24, 2.45) is 0 Å². The molecule has 7 heteroatoms. The van der Waals surface area contributed by atoms with E-state index in [9.17, 15) is 0 Å². The van der Waals surface area contributed by atoms with E-state index in [1.807, 2.05) is 36.4 Å². The second-order valence-electron chi connectivity index (χ2n) is 11.9. The van der Waals surface area contributed by atoms with Crippen molar-refractivity contribution in [2.75, 3.05) is 7.11 Å². The normalized spacial score (nSPS) is 11.2. The molecular weight excluding hydrogens is 776 g/mol. The van der Waals surface area contributed by atoms with Crippen LogP contribution in [0.3, 0.4) is 0 Å². The Balaban J connectivity index is 0.00000401. The van der Waals surface area contributed by atoms with Crippen molar-refractivity contribution in [1.29, 1.82) is 0 Å². The number of aryl methyl sites for hydroxylation is 3. The molecule has 0 aliphatic heterocycles. The molecule has 0 unspecified atom stereocenters. The van der Waals surface area contributed by atoms with Crippen molar-refractivity contribution in [1.82, 2.24) is 19.3 Å². The van der Waals surface area contributed by atoms with Crippen molar-refractivity contribution < 1.29 is 30.5 Å². The van der Waals surface area contributed by atoms with Gasteiger partial charge in [-0.1, -0.05) is 68.6 Å². The van der Waals surface area contributed by atoms with Gasteiger partial charge >= 0.3 is 21.1 Å². The smallest absolute Gasteiger partial charge is 0.509 e.